The van der Waals surface area contributed by atoms with Crippen LogP contribution in [0.3, 0.4) is 0 Å². The average Bonchev–Trinajstić information content (AvgIpc) is 2.76. The van der Waals surface area contributed by atoms with Crippen molar-refractivity contribution in [3.63, 3.8) is 0 Å². The Morgan fingerprint density at radius 1 is 1.30 bits per heavy atom. The molecule has 0 saturated heterocycles. The summed E-state index contributed by atoms with van der Waals surface area (Å²) in [5.74, 6) is 1.59. The lowest BCUT2D eigenvalue weighted by molar-refractivity contribution is 0.129. The molecule has 0 radical (unpaired) electrons. The van der Waals surface area contributed by atoms with Gasteiger partial charge in [0.2, 0.25) is 0 Å². The maximum atomic E-state index is 6.09. The fourth-order valence-corrected chi connectivity index (χ4v) is 2.58. The van der Waals surface area contributed by atoms with Crippen LogP contribution in [0, 0.1) is 0 Å². The number of nitrogens with zero attached hydrogens (tertiary/aromatic N) is 2. The first-order chi connectivity index (χ1) is 9.76. The molecule has 0 aliphatic heterocycles. The summed E-state index contributed by atoms with van der Waals surface area (Å²) in [4.78, 5) is 4.64. The maximum absolute atomic E-state index is 6.09. The number of alkyl halides is 1. The van der Waals surface area contributed by atoms with Crippen molar-refractivity contribution in [3.05, 3.63) is 29.0 Å². The van der Waals surface area contributed by atoms with Gasteiger partial charge >= 0.3 is 0 Å². The summed E-state index contributed by atoms with van der Waals surface area (Å²) in [6.45, 7) is 4.59. The Morgan fingerprint density at radius 2 is 2.15 bits per heavy atom. The summed E-state index contributed by atoms with van der Waals surface area (Å²) in [7, 11) is 0. The summed E-state index contributed by atoms with van der Waals surface area (Å²) in [6.07, 6.45) is 2.79. The Bertz CT molecular complexity index is 554. The van der Waals surface area contributed by atoms with Crippen LogP contribution in [0.2, 0.25) is 5.02 Å². The Kier molecular flexibility index (Phi) is 6.14. The lowest BCUT2D eigenvalue weighted by Crippen LogP contribution is -2.07. The molecule has 1 heterocycles. The van der Waals surface area contributed by atoms with Gasteiger partial charge in [-0.3, -0.25) is 0 Å². The summed E-state index contributed by atoms with van der Waals surface area (Å²) < 4.78 is 7.74. The summed E-state index contributed by atoms with van der Waals surface area (Å²) in [5.41, 5.74) is 2.05. The molecule has 110 valence electrons. The number of rotatable bonds is 8. The van der Waals surface area contributed by atoms with Gasteiger partial charge in [-0.15, -0.1) is 11.6 Å². The van der Waals surface area contributed by atoms with Gasteiger partial charge in [0.1, 0.15) is 5.82 Å². The minimum Gasteiger partial charge on any atom is -0.381 e. The molecule has 1 aromatic carbocycles. The number of aryl methyl sites for hydroxylation is 2. The van der Waals surface area contributed by atoms with Crippen LogP contribution in [0.5, 0.6) is 0 Å². The van der Waals surface area contributed by atoms with E-state index in [-0.39, 0.29) is 0 Å². The van der Waals surface area contributed by atoms with E-state index in [4.69, 9.17) is 27.9 Å². The number of hydrogen-bond donors (Lipinski definition) is 0. The summed E-state index contributed by atoms with van der Waals surface area (Å²) >= 11 is 12.0. The molecule has 2 rings (SSSR count). The number of ether oxygens (including phenoxy) is 1. The van der Waals surface area contributed by atoms with Gasteiger partial charge in [-0.1, -0.05) is 18.5 Å². The predicted octanol–water partition coefficient (Wildman–Crippen LogP) is 4.29. The third kappa shape index (κ3) is 3.87. The minimum absolute atomic E-state index is 0.573. The molecule has 0 atom stereocenters. The molecule has 3 nitrogen and oxygen atoms in total. The molecule has 0 spiro atoms. The first-order valence-electron chi connectivity index (χ1n) is 7.04. The third-order valence-corrected chi connectivity index (χ3v) is 3.55. The van der Waals surface area contributed by atoms with Crippen LogP contribution in [-0.4, -0.2) is 28.6 Å². The van der Waals surface area contributed by atoms with Gasteiger partial charge in [0.15, 0.2) is 0 Å². The van der Waals surface area contributed by atoms with Crippen LogP contribution < -0.4 is 0 Å². The molecule has 5 heteroatoms. The molecule has 0 unspecified atom stereocenters. The number of halogens is 2. The highest BCUT2D eigenvalue weighted by Crippen LogP contribution is 2.21. The van der Waals surface area contributed by atoms with Crippen molar-refractivity contribution in [2.75, 3.05) is 19.1 Å². The first-order valence-corrected chi connectivity index (χ1v) is 7.96. The zero-order valence-electron chi connectivity index (χ0n) is 11.7. The van der Waals surface area contributed by atoms with Crippen molar-refractivity contribution < 1.29 is 4.74 Å². The van der Waals surface area contributed by atoms with E-state index in [0.717, 1.165) is 60.9 Å². The van der Waals surface area contributed by atoms with Gasteiger partial charge in [-0.25, -0.2) is 4.98 Å². The van der Waals surface area contributed by atoms with Gasteiger partial charge in [0.05, 0.1) is 11.0 Å². The minimum atomic E-state index is 0.573. The molecule has 0 aliphatic carbocycles. The van der Waals surface area contributed by atoms with Gasteiger partial charge in [-0.2, -0.15) is 0 Å². The fourth-order valence-electron chi connectivity index (χ4n) is 2.24. The van der Waals surface area contributed by atoms with E-state index in [1.807, 2.05) is 18.2 Å². The quantitative estimate of drug-likeness (QED) is 0.537. The van der Waals surface area contributed by atoms with Crippen LogP contribution in [0.1, 0.15) is 25.6 Å². The van der Waals surface area contributed by atoms with Crippen LogP contribution in [0.15, 0.2) is 18.2 Å². The van der Waals surface area contributed by atoms with Crippen LogP contribution >= 0.6 is 23.2 Å². The Balaban J connectivity index is 2.15. The Labute approximate surface area is 129 Å². The second-order valence-corrected chi connectivity index (χ2v) is 5.53. The van der Waals surface area contributed by atoms with Crippen LogP contribution in [0.4, 0.5) is 0 Å². The van der Waals surface area contributed by atoms with E-state index in [0.29, 0.717) is 5.88 Å². The predicted molar refractivity (Wildman–Crippen MR) is 84.9 cm³/mol. The molecular weight excluding hydrogens is 295 g/mol. The number of aromatic nitrogens is 2. The molecule has 0 fully saturated rings. The molecule has 0 N–H and O–H groups in total. The second kappa shape index (κ2) is 7.87. The number of hydrogen-bond acceptors (Lipinski definition) is 2. The summed E-state index contributed by atoms with van der Waals surface area (Å²) in [5, 5.41) is 0.735. The maximum Gasteiger partial charge on any atom is 0.111 e. The van der Waals surface area contributed by atoms with Gasteiger partial charge in [0.25, 0.3) is 0 Å². The third-order valence-electron chi connectivity index (χ3n) is 3.13. The van der Waals surface area contributed by atoms with E-state index < -0.39 is 0 Å². The van der Waals surface area contributed by atoms with Crippen molar-refractivity contribution in [1.29, 1.82) is 0 Å². The SMILES string of the molecule is CCCOCCCn1c(CCCl)nc2ccc(Cl)cc21. The number of benzene rings is 1. The van der Waals surface area contributed by atoms with E-state index in [1.54, 1.807) is 0 Å². The van der Waals surface area contributed by atoms with Crippen molar-refractivity contribution in [2.24, 2.45) is 0 Å². The van der Waals surface area contributed by atoms with Gasteiger partial charge in [0, 0.05) is 37.1 Å². The smallest absolute Gasteiger partial charge is 0.111 e. The number of imidazole rings is 1. The molecular formula is C15H20Cl2N2O. The highest BCUT2D eigenvalue weighted by atomic mass is 35.5. The molecule has 0 amide bonds. The van der Waals surface area contributed by atoms with Crippen LogP contribution in [-0.2, 0) is 17.7 Å². The van der Waals surface area contributed by atoms with Crippen molar-refractivity contribution in [2.45, 2.75) is 32.7 Å². The average molecular weight is 315 g/mol. The fraction of sp³-hybridized carbons (Fsp3) is 0.533. The van der Waals surface area contributed by atoms with E-state index in [2.05, 4.69) is 16.5 Å². The lowest BCUT2D eigenvalue weighted by atomic mass is 10.3. The highest BCUT2D eigenvalue weighted by Gasteiger charge is 2.10. The standard InChI is InChI=1S/C15H20Cl2N2O/c1-2-9-20-10-3-8-19-14-11-12(17)4-5-13(14)18-15(19)6-7-16/h4-5,11H,2-3,6-10H2,1H3. The van der Waals surface area contributed by atoms with E-state index in [9.17, 15) is 0 Å². The second-order valence-electron chi connectivity index (χ2n) is 4.72. The highest BCUT2D eigenvalue weighted by molar-refractivity contribution is 6.31. The lowest BCUT2D eigenvalue weighted by Gasteiger charge is -2.09. The zero-order valence-corrected chi connectivity index (χ0v) is 13.3. The molecule has 0 saturated carbocycles. The zero-order chi connectivity index (χ0) is 14.4. The van der Waals surface area contributed by atoms with Crippen molar-refractivity contribution >= 4 is 34.2 Å². The first kappa shape index (κ1) is 15.6. The van der Waals surface area contributed by atoms with E-state index >= 15 is 0 Å². The largest absolute Gasteiger partial charge is 0.381 e. The van der Waals surface area contributed by atoms with E-state index in [1.165, 1.54) is 0 Å². The van der Waals surface area contributed by atoms with Crippen molar-refractivity contribution in [1.82, 2.24) is 9.55 Å². The Hall–Kier alpha value is -0.770. The van der Waals surface area contributed by atoms with Gasteiger partial charge < -0.3 is 9.30 Å². The topological polar surface area (TPSA) is 27.1 Å². The monoisotopic (exact) mass is 314 g/mol. The summed E-state index contributed by atoms with van der Waals surface area (Å²) in [6, 6.07) is 5.80. The Morgan fingerprint density at radius 3 is 2.90 bits per heavy atom. The number of fused-ring (bicyclic) bond motifs is 1. The molecule has 0 bridgehead atoms. The molecule has 1 aromatic heterocycles. The molecule has 20 heavy (non-hydrogen) atoms. The van der Waals surface area contributed by atoms with Crippen LogP contribution in [0.25, 0.3) is 11.0 Å². The molecule has 2 aromatic rings. The normalized spacial score (nSPS) is 11.3. The molecule has 0 aliphatic rings. The van der Waals surface area contributed by atoms with Gasteiger partial charge in [-0.05, 0) is 31.0 Å². The van der Waals surface area contributed by atoms with Crippen molar-refractivity contribution in [3.8, 4) is 0 Å².